The number of rotatable bonds is 3. The Morgan fingerprint density at radius 1 is 1.50 bits per heavy atom. The van der Waals surface area contributed by atoms with Crippen LogP contribution in [0.1, 0.15) is 22.8 Å². The molecule has 1 amide bonds. The van der Waals surface area contributed by atoms with Crippen molar-refractivity contribution in [1.29, 1.82) is 0 Å². The number of carbonyl (C=O) groups excluding carboxylic acids is 1. The van der Waals surface area contributed by atoms with E-state index in [1.54, 1.807) is 10.9 Å². The Morgan fingerprint density at radius 2 is 2.28 bits per heavy atom. The van der Waals surface area contributed by atoms with Crippen LogP contribution in [-0.4, -0.2) is 15.7 Å². The van der Waals surface area contributed by atoms with Gasteiger partial charge in [0.1, 0.15) is 0 Å². The molecular formula is C13H14BrN3O. The van der Waals surface area contributed by atoms with Crippen LogP contribution in [0.4, 0.5) is 5.69 Å². The fourth-order valence-electron chi connectivity index (χ4n) is 1.64. The van der Waals surface area contributed by atoms with E-state index >= 15 is 0 Å². The zero-order chi connectivity index (χ0) is 13.1. The first-order chi connectivity index (χ1) is 8.60. The van der Waals surface area contributed by atoms with Crippen LogP contribution in [0.15, 0.2) is 35.1 Å². The molecule has 0 radical (unpaired) electrons. The molecule has 0 spiro atoms. The van der Waals surface area contributed by atoms with Gasteiger partial charge in [0.05, 0.1) is 11.9 Å². The topological polar surface area (TPSA) is 46.9 Å². The van der Waals surface area contributed by atoms with Gasteiger partial charge in [0, 0.05) is 22.8 Å². The van der Waals surface area contributed by atoms with Crippen LogP contribution in [0.25, 0.3) is 0 Å². The van der Waals surface area contributed by atoms with Gasteiger partial charge in [-0.05, 0) is 31.5 Å². The molecular weight excluding hydrogens is 294 g/mol. The van der Waals surface area contributed by atoms with Crippen molar-refractivity contribution >= 4 is 27.5 Å². The maximum atomic E-state index is 12.1. The van der Waals surface area contributed by atoms with Crippen LogP contribution < -0.4 is 5.32 Å². The lowest BCUT2D eigenvalue weighted by atomic mass is 10.1. The summed E-state index contributed by atoms with van der Waals surface area (Å²) < 4.78 is 2.66. The number of halogens is 1. The number of aromatic nitrogens is 2. The Hall–Kier alpha value is -1.62. The van der Waals surface area contributed by atoms with Crippen LogP contribution in [0.2, 0.25) is 0 Å². The van der Waals surface area contributed by atoms with Crippen molar-refractivity contribution in [2.24, 2.45) is 0 Å². The Kier molecular flexibility index (Phi) is 3.81. The molecule has 1 heterocycles. The smallest absolute Gasteiger partial charge is 0.256 e. The molecule has 0 atom stereocenters. The summed E-state index contributed by atoms with van der Waals surface area (Å²) in [5.74, 6) is -0.121. The maximum absolute atomic E-state index is 12.1. The fourth-order valence-corrected chi connectivity index (χ4v) is 2.00. The van der Waals surface area contributed by atoms with Crippen molar-refractivity contribution in [1.82, 2.24) is 9.78 Å². The van der Waals surface area contributed by atoms with Crippen molar-refractivity contribution < 1.29 is 4.79 Å². The molecule has 2 aromatic rings. The van der Waals surface area contributed by atoms with Gasteiger partial charge in [-0.25, -0.2) is 0 Å². The summed E-state index contributed by atoms with van der Waals surface area (Å²) in [5, 5.41) is 6.95. The number of aryl methyl sites for hydroxylation is 2. The van der Waals surface area contributed by atoms with E-state index < -0.39 is 0 Å². The van der Waals surface area contributed by atoms with Gasteiger partial charge in [0.2, 0.25) is 0 Å². The van der Waals surface area contributed by atoms with Crippen LogP contribution in [-0.2, 0) is 6.54 Å². The summed E-state index contributed by atoms with van der Waals surface area (Å²) in [4.78, 5) is 12.1. The number of nitrogens with zero attached hydrogens (tertiary/aromatic N) is 2. The zero-order valence-electron chi connectivity index (χ0n) is 10.3. The number of hydrogen-bond acceptors (Lipinski definition) is 2. The third-order valence-electron chi connectivity index (χ3n) is 2.66. The molecule has 0 fully saturated rings. The first-order valence-corrected chi connectivity index (χ1v) is 6.49. The summed E-state index contributed by atoms with van der Waals surface area (Å²) in [7, 11) is 0. The van der Waals surface area contributed by atoms with Crippen LogP contribution in [0.3, 0.4) is 0 Å². The van der Waals surface area contributed by atoms with E-state index in [1.165, 1.54) is 0 Å². The zero-order valence-corrected chi connectivity index (χ0v) is 11.9. The number of hydrogen-bond donors (Lipinski definition) is 1. The summed E-state index contributed by atoms with van der Waals surface area (Å²) >= 11 is 3.37. The highest BCUT2D eigenvalue weighted by molar-refractivity contribution is 9.10. The van der Waals surface area contributed by atoms with Crippen molar-refractivity contribution in [3.63, 3.8) is 0 Å². The minimum Gasteiger partial charge on any atom is -0.319 e. The molecule has 0 aliphatic carbocycles. The highest BCUT2D eigenvalue weighted by Crippen LogP contribution is 2.17. The Labute approximate surface area is 114 Å². The fraction of sp³-hybridized carbons (Fsp3) is 0.231. The number of benzene rings is 1. The maximum Gasteiger partial charge on any atom is 0.256 e. The number of amides is 1. The highest BCUT2D eigenvalue weighted by atomic mass is 79.9. The molecule has 1 aromatic carbocycles. The molecule has 94 valence electrons. The van der Waals surface area contributed by atoms with Gasteiger partial charge in [0.15, 0.2) is 0 Å². The quantitative estimate of drug-likeness (QED) is 0.946. The van der Waals surface area contributed by atoms with E-state index in [2.05, 4.69) is 26.3 Å². The minimum atomic E-state index is -0.121. The lowest BCUT2D eigenvalue weighted by Crippen LogP contribution is -2.13. The van der Waals surface area contributed by atoms with E-state index in [0.29, 0.717) is 11.3 Å². The van der Waals surface area contributed by atoms with Gasteiger partial charge in [-0.3, -0.25) is 9.48 Å². The first kappa shape index (κ1) is 12.8. The largest absolute Gasteiger partial charge is 0.319 e. The van der Waals surface area contributed by atoms with E-state index in [-0.39, 0.29) is 5.91 Å². The van der Waals surface area contributed by atoms with E-state index in [9.17, 15) is 4.79 Å². The standard InChI is InChI=1S/C13H14BrN3O/c1-3-17-8-11(7-15-17)16-13(18)12-6-10(14)5-4-9(12)2/h4-8H,3H2,1-2H3,(H,16,18). The summed E-state index contributed by atoms with van der Waals surface area (Å²) in [6.07, 6.45) is 3.46. The second-order valence-corrected chi connectivity index (χ2v) is 4.91. The minimum absolute atomic E-state index is 0.121. The molecule has 0 aliphatic rings. The molecule has 1 aromatic heterocycles. The van der Waals surface area contributed by atoms with Gasteiger partial charge in [0.25, 0.3) is 5.91 Å². The summed E-state index contributed by atoms with van der Waals surface area (Å²) in [5.41, 5.74) is 2.31. The van der Waals surface area contributed by atoms with E-state index in [0.717, 1.165) is 16.6 Å². The molecule has 4 nitrogen and oxygen atoms in total. The van der Waals surface area contributed by atoms with Crippen LogP contribution >= 0.6 is 15.9 Å². The molecule has 2 rings (SSSR count). The Balaban J connectivity index is 2.19. The van der Waals surface area contributed by atoms with Crippen LogP contribution in [0, 0.1) is 6.92 Å². The first-order valence-electron chi connectivity index (χ1n) is 5.70. The van der Waals surface area contributed by atoms with Gasteiger partial charge >= 0.3 is 0 Å². The lowest BCUT2D eigenvalue weighted by Gasteiger charge is -2.06. The van der Waals surface area contributed by atoms with Gasteiger partial charge in [-0.2, -0.15) is 5.10 Å². The van der Waals surface area contributed by atoms with Crippen molar-refractivity contribution in [3.05, 3.63) is 46.2 Å². The highest BCUT2D eigenvalue weighted by Gasteiger charge is 2.10. The van der Waals surface area contributed by atoms with Crippen molar-refractivity contribution in [2.75, 3.05) is 5.32 Å². The molecule has 18 heavy (non-hydrogen) atoms. The monoisotopic (exact) mass is 307 g/mol. The average Bonchev–Trinajstić information content (AvgIpc) is 2.80. The van der Waals surface area contributed by atoms with E-state index in [4.69, 9.17) is 0 Å². The normalized spacial score (nSPS) is 10.4. The predicted octanol–water partition coefficient (Wildman–Crippen LogP) is 3.23. The molecule has 0 aliphatic heterocycles. The summed E-state index contributed by atoms with van der Waals surface area (Å²) in [6, 6.07) is 5.64. The number of carbonyl (C=O) groups is 1. The molecule has 5 heteroatoms. The van der Waals surface area contributed by atoms with Gasteiger partial charge in [-0.15, -0.1) is 0 Å². The molecule has 0 unspecified atom stereocenters. The molecule has 0 saturated carbocycles. The third kappa shape index (κ3) is 2.79. The molecule has 0 saturated heterocycles. The Morgan fingerprint density at radius 3 is 2.94 bits per heavy atom. The molecule has 1 N–H and O–H groups in total. The predicted molar refractivity (Wildman–Crippen MR) is 74.7 cm³/mol. The van der Waals surface area contributed by atoms with Crippen molar-refractivity contribution in [2.45, 2.75) is 20.4 Å². The Bertz CT molecular complexity index is 577. The SMILES string of the molecule is CCn1cc(NC(=O)c2cc(Br)ccc2C)cn1. The third-order valence-corrected chi connectivity index (χ3v) is 3.15. The number of nitrogens with one attached hydrogen (secondary N) is 1. The van der Waals surface area contributed by atoms with E-state index in [1.807, 2.05) is 38.2 Å². The average molecular weight is 308 g/mol. The molecule has 0 bridgehead atoms. The number of anilines is 1. The van der Waals surface area contributed by atoms with Crippen molar-refractivity contribution in [3.8, 4) is 0 Å². The summed E-state index contributed by atoms with van der Waals surface area (Å²) in [6.45, 7) is 4.69. The lowest BCUT2D eigenvalue weighted by molar-refractivity contribution is 0.102. The van der Waals surface area contributed by atoms with Crippen LogP contribution in [0.5, 0.6) is 0 Å². The second kappa shape index (κ2) is 5.35. The van der Waals surface area contributed by atoms with Gasteiger partial charge in [-0.1, -0.05) is 22.0 Å². The van der Waals surface area contributed by atoms with Gasteiger partial charge < -0.3 is 5.32 Å². The second-order valence-electron chi connectivity index (χ2n) is 4.00.